The van der Waals surface area contributed by atoms with Gasteiger partial charge in [-0.05, 0) is 44.7 Å². The Morgan fingerprint density at radius 2 is 2.05 bits per heavy atom. The third kappa shape index (κ3) is 3.18. The first-order valence-electron chi connectivity index (χ1n) is 7.12. The maximum atomic E-state index is 12.9. The van der Waals surface area contributed by atoms with Gasteiger partial charge in [-0.15, -0.1) is 11.6 Å². The highest BCUT2D eigenvalue weighted by Crippen LogP contribution is 2.29. The van der Waals surface area contributed by atoms with Gasteiger partial charge in [0, 0.05) is 18.5 Å². The number of hydrogen-bond acceptors (Lipinski definition) is 2. The fraction of sp³-hybridized carbons (Fsp3) is 0.600. The molecule has 1 aliphatic heterocycles. The molecule has 0 saturated carbocycles. The van der Waals surface area contributed by atoms with E-state index in [1.54, 1.807) is 10.4 Å². The van der Waals surface area contributed by atoms with E-state index < -0.39 is 10.0 Å². The van der Waals surface area contributed by atoms with Gasteiger partial charge in [0.25, 0.3) is 0 Å². The molecular formula is C15H22ClNO2S. The summed E-state index contributed by atoms with van der Waals surface area (Å²) in [6.07, 6.45) is 3.66. The molecule has 112 valence electrons. The van der Waals surface area contributed by atoms with Gasteiger partial charge in [0.05, 0.1) is 4.90 Å². The third-order valence-corrected chi connectivity index (χ3v) is 6.26. The molecule has 0 aliphatic carbocycles. The Labute approximate surface area is 127 Å². The van der Waals surface area contributed by atoms with Gasteiger partial charge in [0.2, 0.25) is 10.0 Å². The van der Waals surface area contributed by atoms with E-state index in [-0.39, 0.29) is 6.04 Å². The van der Waals surface area contributed by atoms with E-state index in [1.165, 1.54) is 0 Å². The molecule has 20 heavy (non-hydrogen) atoms. The zero-order valence-electron chi connectivity index (χ0n) is 12.1. The van der Waals surface area contributed by atoms with Crippen molar-refractivity contribution in [2.75, 3.05) is 12.4 Å². The van der Waals surface area contributed by atoms with E-state index in [0.29, 0.717) is 17.3 Å². The Morgan fingerprint density at radius 1 is 1.30 bits per heavy atom. The van der Waals surface area contributed by atoms with Crippen LogP contribution in [0.25, 0.3) is 0 Å². The Bertz CT molecular complexity index is 569. The molecule has 0 N–H and O–H groups in total. The molecule has 2 rings (SSSR count). The summed E-state index contributed by atoms with van der Waals surface area (Å²) in [5.74, 6) is 0.504. The fourth-order valence-electron chi connectivity index (χ4n) is 2.92. The predicted octanol–water partition coefficient (Wildman–Crippen LogP) is 3.48. The Morgan fingerprint density at radius 3 is 2.70 bits per heavy atom. The number of nitrogens with zero attached hydrogens (tertiary/aromatic N) is 1. The summed E-state index contributed by atoms with van der Waals surface area (Å²) in [7, 11) is -3.41. The lowest BCUT2D eigenvalue weighted by molar-refractivity contribution is 0.247. The summed E-state index contributed by atoms with van der Waals surface area (Å²) in [5, 5.41) is 0. The van der Waals surface area contributed by atoms with E-state index in [0.717, 1.165) is 36.8 Å². The standard InChI is InChI=1S/C15H22ClNO2S/c1-12-6-7-15(13(2)11-12)20(18,19)17-10-4-3-5-14(17)8-9-16/h6-7,11,14H,3-5,8-10H2,1-2H3. The van der Waals surface area contributed by atoms with Crippen LogP contribution in [0.5, 0.6) is 0 Å². The van der Waals surface area contributed by atoms with Crippen molar-refractivity contribution in [3.05, 3.63) is 29.3 Å². The molecule has 1 aromatic carbocycles. The number of alkyl halides is 1. The average Bonchev–Trinajstić information content (AvgIpc) is 2.39. The molecule has 0 radical (unpaired) electrons. The van der Waals surface area contributed by atoms with Crippen molar-refractivity contribution in [3.63, 3.8) is 0 Å². The Hall–Kier alpha value is -0.580. The molecular weight excluding hydrogens is 294 g/mol. The molecule has 0 bridgehead atoms. The minimum absolute atomic E-state index is 0.0481. The van der Waals surface area contributed by atoms with E-state index >= 15 is 0 Å². The number of piperidine rings is 1. The second kappa shape index (κ2) is 6.46. The smallest absolute Gasteiger partial charge is 0.207 e. The number of hydrogen-bond donors (Lipinski definition) is 0. The quantitative estimate of drug-likeness (QED) is 0.798. The van der Waals surface area contributed by atoms with Crippen LogP contribution in [0.2, 0.25) is 0 Å². The van der Waals surface area contributed by atoms with Crippen LogP contribution in [0.4, 0.5) is 0 Å². The molecule has 3 nitrogen and oxygen atoms in total. The minimum atomic E-state index is -3.41. The van der Waals surface area contributed by atoms with Crippen molar-refractivity contribution in [2.45, 2.75) is 50.5 Å². The van der Waals surface area contributed by atoms with Crippen molar-refractivity contribution in [1.29, 1.82) is 0 Å². The maximum Gasteiger partial charge on any atom is 0.243 e. The van der Waals surface area contributed by atoms with Gasteiger partial charge in [-0.1, -0.05) is 24.1 Å². The van der Waals surface area contributed by atoms with Crippen LogP contribution in [0.1, 0.15) is 36.8 Å². The summed E-state index contributed by atoms with van der Waals surface area (Å²) in [6, 6.07) is 5.56. The number of rotatable bonds is 4. The van der Waals surface area contributed by atoms with Gasteiger partial charge in [-0.2, -0.15) is 4.31 Å². The first-order valence-corrected chi connectivity index (χ1v) is 9.09. The second-order valence-corrected chi connectivity index (χ2v) is 7.75. The van der Waals surface area contributed by atoms with Gasteiger partial charge < -0.3 is 0 Å². The lowest BCUT2D eigenvalue weighted by atomic mass is 10.0. The number of halogens is 1. The average molecular weight is 316 g/mol. The first kappa shape index (κ1) is 15.8. The Balaban J connectivity index is 2.37. The van der Waals surface area contributed by atoms with Gasteiger partial charge in [0.15, 0.2) is 0 Å². The molecule has 0 aromatic heterocycles. The second-order valence-electron chi connectivity index (χ2n) is 5.51. The lowest BCUT2D eigenvalue weighted by Gasteiger charge is -2.34. The van der Waals surface area contributed by atoms with Crippen molar-refractivity contribution in [3.8, 4) is 0 Å². The van der Waals surface area contributed by atoms with E-state index in [2.05, 4.69) is 0 Å². The summed E-state index contributed by atoms with van der Waals surface area (Å²) < 4.78 is 27.4. The molecule has 0 amide bonds. The Kier molecular flexibility index (Phi) is 5.10. The normalized spacial score (nSPS) is 21.1. The number of benzene rings is 1. The van der Waals surface area contributed by atoms with Crippen molar-refractivity contribution >= 4 is 21.6 Å². The summed E-state index contributed by atoms with van der Waals surface area (Å²) in [6.45, 7) is 4.44. The van der Waals surface area contributed by atoms with Crippen molar-refractivity contribution in [2.24, 2.45) is 0 Å². The van der Waals surface area contributed by atoms with Crippen LogP contribution >= 0.6 is 11.6 Å². The summed E-state index contributed by atoms with van der Waals surface area (Å²) >= 11 is 5.83. The van der Waals surface area contributed by atoms with Crippen LogP contribution in [0, 0.1) is 13.8 Å². The molecule has 1 fully saturated rings. The molecule has 5 heteroatoms. The van der Waals surface area contributed by atoms with E-state index in [4.69, 9.17) is 11.6 Å². The van der Waals surface area contributed by atoms with Gasteiger partial charge >= 0.3 is 0 Å². The van der Waals surface area contributed by atoms with E-state index in [9.17, 15) is 8.42 Å². The molecule has 0 spiro atoms. The molecule has 1 atom stereocenters. The molecule has 1 aromatic rings. The van der Waals surface area contributed by atoms with Gasteiger partial charge in [0.1, 0.15) is 0 Å². The van der Waals surface area contributed by atoms with Crippen LogP contribution in [0.15, 0.2) is 23.1 Å². The van der Waals surface area contributed by atoms with Gasteiger partial charge in [-0.25, -0.2) is 8.42 Å². The monoisotopic (exact) mass is 315 g/mol. The first-order chi connectivity index (χ1) is 9.46. The zero-order chi connectivity index (χ0) is 14.8. The van der Waals surface area contributed by atoms with Crippen LogP contribution in [-0.2, 0) is 10.0 Å². The molecule has 1 heterocycles. The summed E-state index contributed by atoms with van der Waals surface area (Å²) in [5.41, 5.74) is 1.90. The highest BCUT2D eigenvalue weighted by atomic mass is 35.5. The minimum Gasteiger partial charge on any atom is -0.207 e. The molecule has 1 saturated heterocycles. The SMILES string of the molecule is Cc1ccc(S(=O)(=O)N2CCCCC2CCCl)c(C)c1. The maximum absolute atomic E-state index is 12.9. The third-order valence-electron chi connectivity index (χ3n) is 3.93. The van der Waals surface area contributed by atoms with Crippen LogP contribution in [0.3, 0.4) is 0 Å². The zero-order valence-corrected chi connectivity index (χ0v) is 13.7. The topological polar surface area (TPSA) is 37.4 Å². The van der Waals surface area contributed by atoms with Gasteiger partial charge in [-0.3, -0.25) is 0 Å². The lowest BCUT2D eigenvalue weighted by Crippen LogP contribution is -2.44. The summed E-state index contributed by atoms with van der Waals surface area (Å²) in [4.78, 5) is 0.435. The van der Waals surface area contributed by atoms with Crippen molar-refractivity contribution in [1.82, 2.24) is 4.31 Å². The highest BCUT2D eigenvalue weighted by molar-refractivity contribution is 7.89. The molecule has 1 aliphatic rings. The van der Waals surface area contributed by atoms with Crippen LogP contribution < -0.4 is 0 Å². The predicted molar refractivity (Wildman–Crippen MR) is 82.8 cm³/mol. The fourth-order valence-corrected chi connectivity index (χ4v) is 5.10. The van der Waals surface area contributed by atoms with Crippen LogP contribution in [-0.4, -0.2) is 31.2 Å². The van der Waals surface area contributed by atoms with Crippen molar-refractivity contribution < 1.29 is 8.42 Å². The largest absolute Gasteiger partial charge is 0.243 e. The van der Waals surface area contributed by atoms with E-state index in [1.807, 2.05) is 26.0 Å². The number of aryl methyl sites for hydroxylation is 2. The molecule has 1 unspecified atom stereocenters. The highest BCUT2D eigenvalue weighted by Gasteiger charge is 2.33. The number of sulfonamides is 1.